The van der Waals surface area contributed by atoms with Gasteiger partial charge in [-0.2, -0.15) is 0 Å². The van der Waals surface area contributed by atoms with Gasteiger partial charge in [-0.1, -0.05) is 156 Å². The molecular weight excluding hydrogens is 757 g/mol. The number of hydrogen-bond acceptors (Lipinski definition) is 9. The van der Waals surface area contributed by atoms with Gasteiger partial charge in [-0.25, -0.2) is 0 Å². The minimum absolute atomic E-state index is 0.117. The highest BCUT2D eigenvalue weighted by Crippen LogP contribution is 2.22. The van der Waals surface area contributed by atoms with Gasteiger partial charge in [-0.05, 0) is 89.9 Å². The third-order valence-electron chi connectivity index (χ3n) is 9.98. The number of unbranched alkanes of at least 4 members (excludes halogenated alkanes) is 11. The summed E-state index contributed by atoms with van der Waals surface area (Å²) in [6.45, 7) is 4.30. The lowest BCUT2D eigenvalue weighted by Gasteiger charge is -2.39. The lowest BCUT2D eigenvalue weighted by atomic mass is 9.99. The Morgan fingerprint density at radius 3 is 1.55 bits per heavy atom. The fourth-order valence-corrected chi connectivity index (χ4v) is 6.33. The predicted molar refractivity (Wildman–Crippen MR) is 246 cm³/mol. The number of allylic oxidation sites excluding steroid dienone is 16. The minimum atomic E-state index is -1.55. The first kappa shape index (κ1) is 55.1. The van der Waals surface area contributed by atoms with Crippen LogP contribution in [0.25, 0.3) is 0 Å². The summed E-state index contributed by atoms with van der Waals surface area (Å²) in [5.74, 6) is -0.339. The Morgan fingerprint density at radius 2 is 1.02 bits per heavy atom. The van der Waals surface area contributed by atoms with E-state index in [0.29, 0.717) is 13.0 Å². The molecule has 1 aliphatic rings. The van der Waals surface area contributed by atoms with Crippen LogP contribution in [0.4, 0.5) is 0 Å². The molecule has 0 aromatic rings. The van der Waals surface area contributed by atoms with E-state index in [-0.39, 0.29) is 19.2 Å². The van der Waals surface area contributed by atoms with Crippen molar-refractivity contribution in [3.63, 3.8) is 0 Å². The van der Waals surface area contributed by atoms with Crippen LogP contribution in [0.5, 0.6) is 0 Å². The number of carbonyl (C=O) groups excluding carboxylic acids is 1. The molecule has 0 amide bonds. The average molecular weight is 841 g/mol. The van der Waals surface area contributed by atoms with Gasteiger partial charge < -0.3 is 39.4 Å². The molecule has 0 aromatic carbocycles. The monoisotopic (exact) mass is 841 g/mol. The van der Waals surface area contributed by atoms with Crippen molar-refractivity contribution < 1.29 is 44.2 Å². The van der Waals surface area contributed by atoms with Crippen molar-refractivity contribution in [2.45, 2.75) is 192 Å². The molecule has 6 atom stereocenters. The molecule has 1 fully saturated rings. The van der Waals surface area contributed by atoms with Crippen molar-refractivity contribution in [1.29, 1.82) is 0 Å². The summed E-state index contributed by atoms with van der Waals surface area (Å²) in [4.78, 5) is 12.7. The number of aliphatic hydroxyl groups excluding tert-OH is 4. The number of carbonyl (C=O) groups is 1. The van der Waals surface area contributed by atoms with E-state index >= 15 is 0 Å². The van der Waals surface area contributed by atoms with Crippen molar-refractivity contribution in [1.82, 2.24) is 0 Å². The lowest BCUT2D eigenvalue weighted by Crippen LogP contribution is -2.59. The smallest absolute Gasteiger partial charge is 0.306 e. The Kier molecular flexibility index (Phi) is 38.1. The molecule has 1 rings (SSSR count). The molecule has 0 saturated carbocycles. The van der Waals surface area contributed by atoms with Crippen molar-refractivity contribution in [2.24, 2.45) is 0 Å². The van der Waals surface area contributed by atoms with Crippen LogP contribution < -0.4 is 0 Å². The van der Waals surface area contributed by atoms with E-state index in [0.717, 1.165) is 122 Å². The third kappa shape index (κ3) is 31.9. The molecule has 1 aliphatic heterocycles. The summed E-state index contributed by atoms with van der Waals surface area (Å²) in [6.07, 6.45) is 50.1. The Bertz CT molecular complexity index is 1230. The van der Waals surface area contributed by atoms with Crippen molar-refractivity contribution >= 4 is 5.97 Å². The molecule has 9 heteroatoms. The fraction of sp³-hybridized carbons (Fsp3) is 0.667. The van der Waals surface area contributed by atoms with Gasteiger partial charge in [-0.15, -0.1) is 0 Å². The highest BCUT2D eigenvalue weighted by Gasteiger charge is 2.44. The Labute approximate surface area is 364 Å². The second-order valence-corrected chi connectivity index (χ2v) is 15.5. The van der Waals surface area contributed by atoms with Gasteiger partial charge in [0.25, 0.3) is 0 Å². The van der Waals surface area contributed by atoms with Crippen molar-refractivity contribution in [3.8, 4) is 0 Å². The molecule has 0 radical (unpaired) electrons. The number of hydrogen-bond donors (Lipinski definition) is 4. The molecule has 4 N–H and O–H groups in total. The third-order valence-corrected chi connectivity index (χ3v) is 9.98. The van der Waals surface area contributed by atoms with Gasteiger partial charge in [0.2, 0.25) is 0 Å². The summed E-state index contributed by atoms with van der Waals surface area (Å²) in [5.41, 5.74) is 0. The first-order valence-electron chi connectivity index (χ1n) is 23.3. The number of rotatable bonds is 38. The zero-order valence-electron chi connectivity index (χ0n) is 37.4. The molecule has 0 bridgehead atoms. The number of esters is 1. The summed E-state index contributed by atoms with van der Waals surface area (Å²) in [6, 6.07) is 0. The van der Waals surface area contributed by atoms with Gasteiger partial charge in [0.05, 0.1) is 19.8 Å². The summed E-state index contributed by atoms with van der Waals surface area (Å²) in [7, 11) is 0. The number of aliphatic hydroxyl groups is 4. The normalized spacial score (nSPS) is 20.9. The van der Waals surface area contributed by atoms with Gasteiger partial charge >= 0.3 is 5.97 Å². The molecule has 0 aliphatic carbocycles. The first-order valence-corrected chi connectivity index (χ1v) is 23.3. The van der Waals surface area contributed by atoms with Crippen LogP contribution in [0, 0.1) is 0 Å². The molecular formula is C51H84O9. The van der Waals surface area contributed by atoms with E-state index < -0.39 is 43.4 Å². The molecule has 9 nitrogen and oxygen atoms in total. The summed E-state index contributed by atoms with van der Waals surface area (Å²) in [5, 5.41) is 40.1. The van der Waals surface area contributed by atoms with E-state index in [2.05, 4.69) is 111 Å². The lowest BCUT2D eigenvalue weighted by molar-refractivity contribution is -0.305. The molecule has 1 heterocycles. The summed E-state index contributed by atoms with van der Waals surface area (Å²) < 4.78 is 22.7. The molecule has 0 aromatic heterocycles. The topological polar surface area (TPSA) is 135 Å². The zero-order valence-corrected chi connectivity index (χ0v) is 37.4. The van der Waals surface area contributed by atoms with Gasteiger partial charge in [-0.3, -0.25) is 4.79 Å². The SMILES string of the molecule is CC/C=C\C/C=C\C/C=C\C/C=C\C/C=C\C/C=C\C/C=C\CCCCCCOCC(COC1OC(CO)C(O)C(O)C1O)OC(=O)CCCCCCC/C=C\CCCC. The predicted octanol–water partition coefficient (Wildman–Crippen LogP) is 10.8. The van der Waals surface area contributed by atoms with Gasteiger partial charge in [0.15, 0.2) is 6.29 Å². The molecule has 6 unspecified atom stereocenters. The zero-order chi connectivity index (χ0) is 43.6. The molecule has 0 spiro atoms. The molecule has 342 valence electrons. The number of ether oxygens (including phenoxy) is 4. The Morgan fingerprint density at radius 1 is 0.550 bits per heavy atom. The first-order chi connectivity index (χ1) is 29.4. The van der Waals surface area contributed by atoms with E-state index in [4.69, 9.17) is 18.9 Å². The quantitative estimate of drug-likeness (QED) is 0.0272. The van der Waals surface area contributed by atoms with Crippen LogP contribution in [0.1, 0.15) is 155 Å². The van der Waals surface area contributed by atoms with Crippen molar-refractivity contribution in [3.05, 3.63) is 97.2 Å². The largest absolute Gasteiger partial charge is 0.457 e. The second kappa shape index (κ2) is 41.5. The highest BCUT2D eigenvalue weighted by atomic mass is 16.7. The van der Waals surface area contributed by atoms with Gasteiger partial charge in [0.1, 0.15) is 30.5 Å². The van der Waals surface area contributed by atoms with Crippen LogP contribution in [-0.4, -0.2) is 89.6 Å². The molecule has 1 saturated heterocycles. The standard InChI is InChI=1S/C51H84O9/c1-3-5-7-9-11-13-15-16-17-18-19-20-21-22-23-24-25-26-27-28-29-31-33-35-37-39-41-57-43-45(44-58-51-50(56)49(55)48(54)46(42-52)60-51)59-47(53)40-38-36-34-32-30-14-12-10-8-6-4-2/h5,7,10-13,16-17,19-20,22-23,25-26,28-29,45-46,48-52,54-56H,3-4,6,8-9,14-15,18,21,24,27,30-44H2,1-2H3/b7-5-,12-10-,13-11-,17-16-,20-19-,23-22-,26-25-,29-28-. The van der Waals surface area contributed by atoms with Crippen LogP contribution >= 0.6 is 0 Å². The Balaban J connectivity index is 2.25. The maximum Gasteiger partial charge on any atom is 0.306 e. The maximum absolute atomic E-state index is 12.7. The van der Waals surface area contributed by atoms with E-state index in [9.17, 15) is 25.2 Å². The molecule has 60 heavy (non-hydrogen) atoms. The minimum Gasteiger partial charge on any atom is -0.457 e. The van der Waals surface area contributed by atoms with E-state index in [1.54, 1.807) is 0 Å². The van der Waals surface area contributed by atoms with Crippen LogP contribution in [0.15, 0.2) is 97.2 Å². The Hall–Kier alpha value is -2.89. The van der Waals surface area contributed by atoms with Crippen LogP contribution in [0.3, 0.4) is 0 Å². The van der Waals surface area contributed by atoms with Crippen LogP contribution in [-0.2, 0) is 23.7 Å². The van der Waals surface area contributed by atoms with Gasteiger partial charge in [0, 0.05) is 13.0 Å². The summed E-state index contributed by atoms with van der Waals surface area (Å²) >= 11 is 0. The van der Waals surface area contributed by atoms with E-state index in [1.165, 1.54) is 12.8 Å². The maximum atomic E-state index is 12.7. The average Bonchev–Trinajstić information content (AvgIpc) is 3.25. The highest BCUT2D eigenvalue weighted by molar-refractivity contribution is 5.69. The van der Waals surface area contributed by atoms with E-state index in [1.807, 2.05) is 0 Å². The fourth-order valence-electron chi connectivity index (χ4n) is 6.33. The van der Waals surface area contributed by atoms with Crippen molar-refractivity contribution in [2.75, 3.05) is 26.4 Å². The van der Waals surface area contributed by atoms with Crippen LogP contribution in [0.2, 0.25) is 0 Å². The second-order valence-electron chi connectivity index (χ2n) is 15.5.